The van der Waals surface area contributed by atoms with Gasteiger partial charge in [-0.3, -0.25) is 0 Å². The molecule has 2 rings (SSSR count). The van der Waals surface area contributed by atoms with Crippen LogP contribution in [0.4, 0.5) is 0 Å². The monoisotopic (exact) mass is 226 g/mol. The first kappa shape index (κ1) is 11.8. The first-order valence-electron chi connectivity index (χ1n) is 6.19. The van der Waals surface area contributed by atoms with Gasteiger partial charge in [0.25, 0.3) is 0 Å². The highest BCUT2D eigenvalue weighted by Gasteiger charge is 2.49. The lowest BCUT2D eigenvalue weighted by Crippen LogP contribution is -2.38. The van der Waals surface area contributed by atoms with E-state index in [-0.39, 0.29) is 5.92 Å². The topological polar surface area (TPSA) is 38.7 Å². The highest BCUT2D eigenvalue weighted by Crippen LogP contribution is 2.48. The highest BCUT2D eigenvalue weighted by atomic mass is 16.5. The van der Waals surface area contributed by atoms with Gasteiger partial charge in [0.2, 0.25) is 0 Å². The predicted octanol–water partition coefficient (Wildman–Crippen LogP) is 2.45. The Balaban J connectivity index is 2.20. The minimum absolute atomic E-state index is 0.151. The van der Waals surface area contributed by atoms with Crippen molar-refractivity contribution in [1.82, 2.24) is 0 Å². The number of hydrogen-bond donors (Lipinski definition) is 1. The lowest BCUT2D eigenvalue weighted by Gasteiger charge is -2.34. The van der Waals surface area contributed by atoms with Gasteiger partial charge in [0.1, 0.15) is 11.5 Å². The zero-order valence-corrected chi connectivity index (χ0v) is 10.5. The summed E-state index contributed by atoms with van der Waals surface area (Å²) >= 11 is 0. The molecule has 1 saturated heterocycles. The van der Waals surface area contributed by atoms with Gasteiger partial charge in [-0.2, -0.15) is 0 Å². The zero-order valence-electron chi connectivity index (χ0n) is 10.5. The van der Waals surface area contributed by atoms with E-state index in [1.165, 1.54) is 0 Å². The minimum Gasteiger partial charge on any atom is -0.497 e. The molecule has 3 heteroatoms. The molecule has 0 spiro atoms. The maximum atomic E-state index is 10.8. The Morgan fingerprint density at radius 2 is 2.31 bits per heavy atom. The molecular formula is C13H22O3. The number of fused-ring (bicyclic) bond motifs is 1. The van der Waals surface area contributed by atoms with Crippen molar-refractivity contribution in [3.8, 4) is 0 Å². The van der Waals surface area contributed by atoms with Gasteiger partial charge in [-0.15, -0.1) is 0 Å². The van der Waals surface area contributed by atoms with Crippen molar-refractivity contribution in [2.45, 2.75) is 45.1 Å². The van der Waals surface area contributed by atoms with Gasteiger partial charge in [-0.05, 0) is 25.2 Å². The van der Waals surface area contributed by atoms with Crippen LogP contribution in [0.15, 0.2) is 11.5 Å². The molecule has 0 aromatic heterocycles. The van der Waals surface area contributed by atoms with E-state index in [4.69, 9.17) is 9.47 Å². The fourth-order valence-corrected chi connectivity index (χ4v) is 3.07. The smallest absolute Gasteiger partial charge is 0.140 e. The summed E-state index contributed by atoms with van der Waals surface area (Å²) in [7, 11) is 1.67. The average Bonchev–Trinajstić information content (AvgIpc) is 2.52. The van der Waals surface area contributed by atoms with Crippen LogP contribution in [0.25, 0.3) is 0 Å². The van der Waals surface area contributed by atoms with Gasteiger partial charge in [0, 0.05) is 12.3 Å². The van der Waals surface area contributed by atoms with Crippen molar-refractivity contribution in [2.24, 2.45) is 11.8 Å². The van der Waals surface area contributed by atoms with Crippen LogP contribution in [-0.4, -0.2) is 24.4 Å². The van der Waals surface area contributed by atoms with Crippen molar-refractivity contribution in [1.29, 1.82) is 0 Å². The third kappa shape index (κ3) is 1.93. The van der Waals surface area contributed by atoms with Crippen LogP contribution in [0.3, 0.4) is 0 Å². The van der Waals surface area contributed by atoms with Crippen molar-refractivity contribution in [2.75, 3.05) is 13.7 Å². The Kier molecular flexibility index (Phi) is 3.15. The lowest BCUT2D eigenvalue weighted by atomic mass is 9.79. The molecule has 0 aromatic rings. The van der Waals surface area contributed by atoms with Crippen LogP contribution in [-0.2, 0) is 9.47 Å². The molecule has 0 amide bonds. The zero-order chi connectivity index (χ0) is 11.8. The molecule has 16 heavy (non-hydrogen) atoms. The predicted molar refractivity (Wildman–Crippen MR) is 61.7 cm³/mol. The van der Waals surface area contributed by atoms with Crippen LogP contribution in [0.2, 0.25) is 0 Å². The largest absolute Gasteiger partial charge is 0.497 e. The Morgan fingerprint density at radius 1 is 1.56 bits per heavy atom. The standard InChI is InChI=1S/C13H22O3/c1-9(2)7-13(14)8-11(15-3)12-10(13)5-4-6-16-12/h9-10,14H,4-8H2,1-3H3/t10-,13+/m1/s1. The molecule has 92 valence electrons. The summed E-state index contributed by atoms with van der Waals surface area (Å²) in [6.07, 6.45) is 3.48. The van der Waals surface area contributed by atoms with Crippen molar-refractivity contribution in [3.05, 3.63) is 11.5 Å². The van der Waals surface area contributed by atoms with Crippen molar-refractivity contribution in [3.63, 3.8) is 0 Å². The lowest BCUT2D eigenvalue weighted by molar-refractivity contribution is -0.0429. The van der Waals surface area contributed by atoms with Crippen LogP contribution in [0, 0.1) is 11.8 Å². The van der Waals surface area contributed by atoms with Crippen LogP contribution >= 0.6 is 0 Å². The van der Waals surface area contributed by atoms with E-state index in [1.54, 1.807) is 7.11 Å². The van der Waals surface area contributed by atoms with Gasteiger partial charge in [-0.25, -0.2) is 0 Å². The number of aliphatic hydroxyl groups is 1. The van der Waals surface area contributed by atoms with Gasteiger partial charge < -0.3 is 14.6 Å². The second-order valence-electron chi connectivity index (χ2n) is 5.41. The Bertz CT molecular complexity index is 296. The molecule has 1 heterocycles. The summed E-state index contributed by atoms with van der Waals surface area (Å²) < 4.78 is 11.0. The molecule has 2 aliphatic rings. The molecule has 0 aromatic carbocycles. The Labute approximate surface area is 97.4 Å². The van der Waals surface area contributed by atoms with Crippen LogP contribution < -0.4 is 0 Å². The van der Waals surface area contributed by atoms with Crippen molar-refractivity contribution < 1.29 is 14.6 Å². The Hall–Kier alpha value is -0.700. The second kappa shape index (κ2) is 4.28. The first-order chi connectivity index (χ1) is 7.57. The molecule has 1 N–H and O–H groups in total. The third-order valence-electron chi connectivity index (χ3n) is 3.61. The van der Waals surface area contributed by atoms with Gasteiger partial charge in [0.05, 0.1) is 19.3 Å². The first-order valence-corrected chi connectivity index (χ1v) is 6.19. The summed E-state index contributed by atoms with van der Waals surface area (Å²) in [5.41, 5.74) is -0.644. The quantitative estimate of drug-likeness (QED) is 0.803. The normalized spacial score (nSPS) is 33.9. The van der Waals surface area contributed by atoms with E-state index in [0.717, 1.165) is 37.4 Å². The summed E-state index contributed by atoms with van der Waals surface area (Å²) in [4.78, 5) is 0. The number of hydrogen-bond acceptors (Lipinski definition) is 3. The number of methoxy groups -OCH3 is 1. The average molecular weight is 226 g/mol. The fourth-order valence-electron chi connectivity index (χ4n) is 3.07. The summed E-state index contributed by atoms with van der Waals surface area (Å²) in [6.45, 7) is 5.05. The van der Waals surface area contributed by atoms with Gasteiger partial charge >= 0.3 is 0 Å². The van der Waals surface area contributed by atoms with Gasteiger partial charge in [0.15, 0.2) is 0 Å². The van der Waals surface area contributed by atoms with E-state index in [0.29, 0.717) is 12.3 Å². The second-order valence-corrected chi connectivity index (χ2v) is 5.41. The van der Waals surface area contributed by atoms with Crippen molar-refractivity contribution >= 4 is 0 Å². The molecule has 1 aliphatic carbocycles. The van der Waals surface area contributed by atoms with Gasteiger partial charge in [-0.1, -0.05) is 13.8 Å². The molecule has 2 atom stereocenters. The molecule has 0 saturated carbocycles. The maximum Gasteiger partial charge on any atom is 0.140 e. The molecule has 3 nitrogen and oxygen atoms in total. The fraction of sp³-hybridized carbons (Fsp3) is 0.846. The van der Waals surface area contributed by atoms with E-state index >= 15 is 0 Å². The number of rotatable bonds is 3. The molecule has 1 aliphatic heterocycles. The summed E-state index contributed by atoms with van der Waals surface area (Å²) in [6, 6.07) is 0. The maximum absolute atomic E-state index is 10.8. The molecular weight excluding hydrogens is 204 g/mol. The number of ether oxygens (including phenoxy) is 2. The molecule has 1 fully saturated rings. The van der Waals surface area contributed by atoms with E-state index in [2.05, 4.69) is 13.8 Å². The van der Waals surface area contributed by atoms with E-state index in [1.807, 2.05) is 0 Å². The van der Waals surface area contributed by atoms with E-state index in [9.17, 15) is 5.11 Å². The minimum atomic E-state index is -0.644. The molecule has 0 bridgehead atoms. The summed E-state index contributed by atoms with van der Waals surface area (Å²) in [5, 5.41) is 10.8. The molecule has 0 unspecified atom stereocenters. The molecule has 0 radical (unpaired) electrons. The Morgan fingerprint density at radius 3 is 2.94 bits per heavy atom. The SMILES string of the molecule is COC1=C2OCCC[C@H]2[C@](O)(CC(C)C)C1. The summed E-state index contributed by atoms with van der Waals surface area (Å²) in [5.74, 6) is 2.41. The van der Waals surface area contributed by atoms with E-state index < -0.39 is 5.60 Å². The van der Waals surface area contributed by atoms with Crippen LogP contribution in [0.5, 0.6) is 0 Å². The highest BCUT2D eigenvalue weighted by molar-refractivity contribution is 5.22. The van der Waals surface area contributed by atoms with Crippen LogP contribution in [0.1, 0.15) is 39.5 Å². The third-order valence-corrected chi connectivity index (χ3v) is 3.61.